The molecule has 0 spiro atoms. The van der Waals surface area contributed by atoms with E-state index in [9.17, 15) is 9.18 Å². The van der Waals surface area contributed by atoms with E-state index < -0.39 is 5.82 Å². The number of nitrogens with one attached hydrogen (secondary N) is 1. The molecule has 0 aliphatic rings. The molecule has 0 saturated heterocycles. The lowest BCUT2D eigenvalue weighted by atomic mass is 9.88. The Kier molecular flexibility index (Phi) is 4.74. The molecule has 4 heteroatoms. The topological polar surface area (TPSA) is 29.1 Å². The summed E-state index contributed by atoms with van der Waals surface area (Å²) < 4.78 is 13.5. The van der Waals surface area contributed by atoms with Gasteiger partial charge in [0, 0.05) is 16.6 Å². The van der Waals surface area contributed by atoms with Crippen molar-refractivity contribution in [1.29, 1.82) is 0 Å². The van der Waals surface area contributed by atoms with E-state index >= 15 is 0 Å². The minimum atomic E-state index is -0.443. The fourth-order valence-electron chi connectivity index (χ4n) is 1.37. The number of benzene rings is 1. The van der Waals surface area contributed by atoms with Crippen LogP contribution in [0, 0.1) is 11.2 Å². The number of carbonyl (C=O) groups is 1. The first-order valence-corrected chi connectivity index (χ1v) is 6.32. The highest BCUT2D eigenvalue weighted by molar-refractivity contribution is 6.31. The van der Waals surface area contributed by atoms with E-state index in [0.29, 0.717) is 0 Å². The van der Waals surface area contributed by atoms with Crippen LogP contribution in [0.2, 0.25) is 5.02 Å². The molecule has 1 N–H and O–H groups in total. The molecule has 1 atom stereocenters. The normalized spacial score (nSPS) is 13.2. The van der Waals surface area contributed by atoms with Gasteiger partial charge in [0.15, 0.2) is 0 Å². The number of carbonyl (C=O) groups excluding carboxylic acids is 1. The molecule has 1 aromatic rings. The number of hydrogen-bond donors (Lipinski definition) is 1. The quantitative estimate of drug-likeness (QED) is 0.895. The van der Waals surface area contributed by atoms with Crippen LogP contribution in [-0.4, -0.2) is 11.9 Å². The molecule has 1 rings (SSSR count). The number of rotatable bonds is 3. The number of amides is 1. The molecule has 18 heavy (non-hydrogen) atoms. The van der Waals surface area contributed by atoms with E-state index in [1.165, 1.54) is 12.1 Å². The van der Waals surface area contributed by atoms with Gasteiger partial charge < -0.3 is 5.32 Å². The molecule has 0 aliphatic carbocycles. The Labute approximate surface area is 113 Å². The molecule has 0 bridgehead atoms. The largest absolute Gasteiger partial charge is 0.353 e. The van der Waals surface area contributed by atoms with E-state index in [2.05, 4.69) is 5.32 Å². The molecule has 2 nitrogen and oxygen atoms in total. The van der Waals surface area contributed by atoms with Gasteiger partial charge in [0.25, 0.3) is 0 Å². The van der Waals surface area contributed by atoms with Crippen molar-refractivity contribution in [3.8, 4) is 0 Å². The average Bonchev–Trinajstić information content (AvgIpc) is 2.22. The lowest BCUT2D eigenvalue weighted by Gasteiger charge is -2.28. The van der Waals surface area contributed by atoms with Crippen LogP contribution in [0.1, 0.15) is 33.3 Å². The van der Waals surface area contributed by atoms with Crippen molar-refractivity contribution < 1.29 is 9.18 Å². The molecule has 100 valence electrons. The van der Waals surface area contributed by atoms with Crippen LogP contribution in [0.15, 0.2) is 18.2 Å². The predicted octanol–water partition coefficient (Wildman–Crippen LogP) is 3.57. The Morgan fingerprint density at radius 2 is 2.06 bits per heavy atom. The van der Waals surface area contributed by atoms with Crippen LogP contribution < -0.4 is 5.32 Å². The molecule has 0 fully saturated rings. The zero-order valence-corrected chi connectivity index (χ0v) is 11.9. The third kappa shape index (κ3) is 3.98. The van der Waals surface area contributed by atoms with Gasteiger partial charge >= 0.3 is 0 Å². The molecule has 0 heterocycles. The minimum Gasteiger partial charge on any atom is -0.353 e. The van der Waals surface area contributed by atoms with Crippen molar-refractivity contribution in [2.75, 3.05) is 0 Å². The van der Waals surface area contributed by atoms with Crippen molar-refractivity contribution in [3.63, 3.8) is 0 Å². The van der Waals surface area contributed by atoms with Crippen LogP contribution in [-0.2, 0) is 11.2 Å². The third-order valence-electron chi connectivity index (χ3n) is 3.08. The van der Waals surface area contributed by atoms with Gasteiger partial charge in [-0.2, -0.15) is 0 Å². The van der Waals surface area contributed by atoms with Gasteiger partial charge in [-0.3, -0.25) is 4.79 Å². The van der Waals surface area contributed by atoms with Gasteiger partial charge in [0.1, 0.15) is 5.82 Å². The molecule has 0 saturated carbocycles. The summed E-state index contributed by atoms with van der Waals surface area (Å²) in [4.78, 5) is 11.8. The average molecular weight is 272 g/mol. The molecular formula is C14H19ClFNO. The minimum absolute atomic E-state index is 0.00977. The summed E-state index contributed by atoms with van der Waals surface area (Å²) in [5.41, 5.74) is 0.215. The highest BCUT2D eigenvalue weighted by atomic mass is 35.5. The van der Waals surface area contributed by atoms with Gasteiger partial charge in [-0.05, 0) is 24.5 Å². The predicted molar refractivity (Wildman–Crippen MR) is 72.2 cm³/mol. The second-order valence-corrected chi connectivity index (χ2v) is 5.94. The Morgan fingerprint density at radius 3 is 2.56 bits per heavy atom. The smallest absolute Gasteiger partial charge is 0.224 e. The zero-order chi connectivity index (χ0) is 13.9. The fraction of sp³-hybridized carbons (Fsp3) is 0.500. The fourth-order valence-corrected chi connectivity index (χ4v) is 1.60. The van der Waals surface area contributed by atoms with E-state index in [1.807, 2.05) is 27.7 Å². The molecule has 0 aliphatic heterocycles. The number of halogens is 2. The van der Waals surface area contributed by atoms with Crippen molar-refractivity contribution >= 4 is 17.5 Å². The van der Waals surface area contributed by atoms with Crippen molar-refractivity contribution in [3.05, 3.63) is 34.6 Å². The Balaban J connectivity index is 2.72. The Bertz CT molecular complexity index is 420. The van der Waals surface area contributed by atoms with Gasteiger partial charge in [0.05, 0.1) is 6.42 Å². The highest BCUT2D eigenvalue weighted by Gasteiger charge is 2.22. The van der Waals surface area contributed by atoms with Crippen LogP contribution >= 0.6 is 11.6 Å². The summed E-state index contributed by atoms with van der Waals surface area (Å²) >= 11 is 5.88. The summed E-state index contributed by atoms with van der Waals surface area (Å²) in [5.74, 6) is -0.662. The summed E-state index contributed by atoms with van der Waals surface area (Å²) in [6.45, 7) is 8.04. The summed E-state index contributed by atoms with van der Waals surface area (Å²) in [5, 5.41) is 3.14. The zero-order valence-electron chi connectivity index (χ0n) is 11.2. The van der Waals surface area contributed by atoms with Crippen LogP contribution in [0.5, 0.6) is 0 Å². The summed E-state index contributed by atoms with van der Waals surface area (Å²) in [6.07, 6.45) is -0.0358. The maximum atomic E-state index is 13.5. The van der Waals surface area contributed by atoms with Crippen molar-refractivity contribution in [2.24, 2.45) is 5.41 Å². The maximum Gasteiger partial charge on any atom is 0.224 e. The molecule has 1 aromatic carbocycles. The molecular weight excluding hydrogens is 253 g/mol. The molecule has 0 unspecified atom stereocenters. The van der Waals surface area contributed by atoms with Crippen LogP contribution in [0.4, 0.5) is 4.39 Å². The standard InChI is InChI=1S/C14H19ClFNO/c1-9(14(2,3)4)17-13(18)8-10-11(15)6-5-7-12(10)16/h5-7,9H,8H2,1-4H3,(H,17,18)/t9-/m0/s1. The molecule has 0 aromatic heterocycles. The molecule has 0 radical (unpaired) electrons. The number of hydrogen-bond acceptors (Lipinski definition) is 1. The Morgan fingerprint density at radius 1 is 1.44 bits per heavy atom. The van der Waals surface area contributed by atoms with E-state index in [0.717, 1.165) is 0 Å². The van der Waals surface area contributed by atoms with Gasteiger partial charge in [-0.25, -0.2) is 4.39 Å². The summed E-state index contributed by atoms with van der Waals surface area (Å²) in [7, 11) is 0. The third-order valence-corrected chi connectivity index (χ3v) is 3.43. The summed E-state index contributed by atoms with van der Waals surface area (Å²) in [6, 6.07) is 4.43. The SMILES string of the molecule is C[C@H](NC(=O)Cc1c(F)cccc1Cl)C(C)(C)C. The van der Waals surface area contributed by atoms with E-state index in [-0.39, 0.29) is 34.4 Å². The monoisotopic (exact) mass is 271 g/mol. The van der Waals surface area contributed by atoms with Gasteiger partial charge in [-0.15, -0.1) is 0 Å². The van der Waals surface area contributed by atoms with Gasteiger partial charge in [-0.1, -0.05) is 38.4 Å². The van der Waals surface area contributed by atoms with E-state index in [4.69, 9.17) is 11.6 Å². The first-order valence-electron chi connectivity index (χ1n) is 5.94. The molecule has 1 amide bonds. The van der Waals surface area contributed by atoms with Crippen molar-refractivity contribution in [1.82, 2.24) is 5.32 Å². The highest BCUT2D eigenvalue weighted by Crippen LogP contribution is 2.21. The second-order valence-electron chi connectivity index (χ2n) is 5.53. The first-order chi connectivity index (χ1) is 8.21. The lowest BCUT2D eigenvalue weighted by Crippen LogP contribution is -2.42. The Hall–Kier alpha value is -1.09. The van der Waals surface area contributed by atoms with Crippen molar-refractivity contribution in [2.45, 2.75) is 40.2 Å². The second kappa shape index (κ2) is 5.70. The van der Waals surface area contributed by atoms with Crippen LogP contribution in [0.3, 0.4) is 0 Å². The maximum absolute atomic E-state index is 13.5. The lowest BCUT2D eigenvalue weighted by molar-refractivity contribution is -0.121. The van der Waals surface area contributed by atoms with E-state index in [1.54, 1.807) is 6.07 Å². The van der Waals surface area contributed by atoms with Crippen LogP contribution in [0.25, 0.3) is 0 Å². The first kappa shape index (κ1) is 15.0. The van der Waals surface area contributed by atoms with Gasteiger partial charge in [0.2, 0.25) is 5.91 Å².